The minimum absolute atomic E-state index is 0.0486. The molecule has 1 atom stereocenters. The highest BCUT2D eigenvalue weighted by molar-refractivity contribution is 9.10. The first-order valence-corrected chi connectivity index (χ1v) is 13.1. The minimum atomic E-state index is -0.446. The fraction of sp³-hybridized carbons (Fsp3) is 0.320. The molecule has 7 nitrogen and oxygen atoms in total. The first-order chi connectivity index (χ1) is 17.0. The number of hydrogen-bond donors (Lipinski definition) is 1. The van der Waals surface area contributed by atoms with Gasteiger partial charge < -0.3 is 14.8 Å². The Morgan fingerprint density at radius 1 is 1.29 bits per heavy atom. The second-order valence-electron chi connectivity index (χ2n) is 8.21. The largest absolute Gasteiger partial charge is 0.493 e. The van der Waals surface area contributed by atoms with Crippen molar-refractivity contribution in [3.8, 4) is 11.5 Å². The van der Waals surface area contributed by atoms with Gasteiger partial charge in [-0.05, 0) is 58.3 Å². The molecule has 5 rings (SSSR count). The van der Waals surface area contributed by atoms with Gasteiger partial charge in [0.2, 0.25) is 11.1 Å². The molecule has 3 aromatic rings. The van der Waals surface area contributed by atoms with E-state index in [2.05, 4.69) is 26.2 Å². The molecule has 1 N–H and O–H groups in total. The Morgan fingerprint density at radius 2 is 2.11 bits per heavy atom. The lowest BCUT2D eigenvalue weighted by atomic mass is 9.85. The van der Waals surface area contributed by atoms with Crippen LogP contribution >= 0.6 is 27.7 Å². The molecular weight excluding hydrogens is 535 g/mol. The topological polar surface area (TPSA) is 78.3 Å². The molecule has 1 aliphatic carbocycles. The van der Waals surface area contributed by atoms with E-state index in [1.165, 1.54) is 6.07 Å². The highest BCUT2D eigenvalue weighted by Gasteiger charge is 2.37. The van der Waals surface area contributed by atoms with Crippen molar-refractivity contribution in [3.05, 3.63) is 69.1 Å². The van der Waals surface area contributed by atoms with Crippen LogP contribution in [0.1, 0.15) is 43.4 Å². The van der Waals surface area contributed by atoms with Crippen LogP contribution in [0.5, 0.6) is 11.5 Å². The molecule has 1 aliphatic heterocycles. The Bertz CT molecular complexity index is 1330. The van der Waals surface area contributed by atoms with Gasteiger partial charge in [-0.2, -0.15) is 4.98 Å². The van der Waals surface area contributed by atoms with Crippen LogP contribution in [-0.2, 0) is 11.4 Å². The SMILES string of the molecule is CCSc1nc2n(n1)C(c1cc(Br)c(OCc3ccccc3F)c(OC)c1)C1=C(CCCC1=O)N2. The summed E-state index contributed by atoms with van der Waals surface area (Å²) in [6, 6.07) is 9.79. The Balaban J connectivity index is 1.56. The molecule has 35 heavy (non-hydrogen) atoms. The van der Waals surface area contributed by atoms with Crippen molar-refractivity contribution in [2.75, 3.05) is 18.2 Å². The third-order valence-corrected chi connectivity index (χ3v) is 7.33. The predicted octanol–water partition coefficient (Wildman–Crippen LogP) is 5.90. The first-order valence-electron chi connectivity index (χ1n) is 11.4. The molecule has 0 saturated heterocycles. The van der Waals surface area contributed by atoms with E-state index in [1.54, 1.807) is 41.8 Å². The Kier molecular flexibility index (Phi) is 6.84. The number of ketones is 1. The molecule has 2 aromatic carbocycles. The van der Waals surface area contributed by atoms with E-state index >= 15 is 0 Å². The number of thioether (sulfide) groups is 1. The number of carbonyl (C=O) groups is 1. The van der Waals surface area contributed by atoms with Gasteiger partial charge >= 0.3 is 0 Å². The van der Waals surface area contributed by atoms with Crippen molar-refractivity contribution >= 4 is 39.4 Å². The lowest BCUT2D eigenvalue weighted by Crippen LogP contribution is -2.31. The Morgan fingerprint density at radius 3 is 2.89 bits per heavy atom. The van der Waals surface area contributed by atoms with Gasteiger partial charge in [-0.25, -0.2) is 9.07 Å². The number of benzene rings is 2. The molecule has 0 saturated carbocycles. The van der Waals surface area contributed by atoms with Crippen molar-refractivity contribution in [3.63, 3.8) is 0 Å². The summed E-state index contributed by atoms with van der Waals surface area (Å²) in [6.45, 7) is 2.09. The molecule has 182 valence electrons. The zero-order valence-corrected chi connectivity index (χ0v) is 21.7. The van der Waals surface area contributed by atoms with Gasteiger partial charge in [0.05, 0.1) is 11.6 Å². The van der Waals surface area contributed by atoms with E-state index in [0.717, 1.165) is 29.9 Å². The average Bonchev–Trinajstić information content (AvgIpc) is 3.25. The number of aromatic nitrogens is 3. The molecule has 0 spiro atoms. The zero-order valence-electron chi connectivity index (χ0n) is 19.3. The van der Waals surface area contributed by atoms with E-state index in [4.69, 9.17) is 14.6 Å². The van der Waals surface area contributed by atoms with E-state index in [-0.39, 0.29) is 18.2 Å². The maximum absolute atomic E-state index is 14.1. The van der Waals surface area contributed by atoms with Crippen LogP contribution in [0.2, 0.25) is 0 Å². The van der Waals surface area contributed by atoms with Gasteiger partial charge in [0, 0.05) is 23.3 Å². The summed E-state index contributed by atoms with van der Waals surface area (Å²) < 4.78 is 28.1. The van der Waals surface area contributed by atoms with Crippen LogP contribution in [0.3, 0.4) is 0 Å². The van der Waals surface area contributed by atoms with Crippen molar-refractivity contribution in [1.82, 2.24) is 14.8 Å². The van der Waals surface area contributed by atoms with Crippen LogP contribution in [0.4, 0.5) is 10.3 Å². The monoisotopic (exact) mass is 558 g/mol. The normalized spacial score (nSPS) is 17.0. The molecule has 0 radical (unpaired) electrons. The number of methoxy groups -OCH3 is 1. The number of Topliss-reactive ketones (excluding diaryl/α,β-unsaturated/α-hetero) is 1. The lowest BCUT2D eigenvalue weighted by molar-refractivity contribution is -0.116. The van der Waals surface area contributed by atoms with E-state index in [9.17, 15) is 9.18 Å². The molecule has 0 bridgehead atoms. The Labute approximate surface area is 215 Å². The average molecular weight is 559 g/mol. The fourth-order valence-electron chi connectivity index (χ4n) is 4.44. The summed E-state index contributed by atoms with van der Waals surface area (Å²) in [4.78, 5) is 17.7. The number of rotatable bonds is 7. The summed E-state index contributed by atoms with van der Waals surface area (Å²) in [6.07, 6.45) is 2.08. The highest BCUT2D eigenvalue weighted by atomic mass is 79.9. The maximum Gasteiger partial charge on any atom is 0.227 e. The number of allylic oxidation sites excluding steroid dienone is 2. The number of hydrogen-bond acceptors (Lipinski definition) is 7. The van der Waals surface area contributed by atoms with Crippen LogP contribution in [-0.4, -0.2) is 33.4 Å². The minimum Gasteiger partial charge on any atom is -0.493 e. The predicted molar refractivity (Wildman–Crippen MR) is 135 cm³/mol. The standard InChI is InChI=1S/C25H24BrFN4O3S/c1-3-35-25-29-24-28-18-9-6-10-19(32)21(18)22(31(24)30-25)15-11-16(26)23(20(12-15)33-2)34-13-14-7-4-5-8-17(14)27/h4-5,7-8,11-12,22H,3,6,9-10,13H2,1-2H3,(H,28,29,30). The van der Waals surface area contributed by atoms with Gasteiger partial charge in [-0.3, -0.25) is 4.79 Å². The molecular formula is C25H24BrFN4O3S. The number of anilines is 1. The molecule has 1 unspecified atom stereocenters. The second kappa shape index (κ2) is 10.0. The van der Waals surface area contributed by atoms with Gasteiger partial charge in [0.15, 0.2) is 17.3 Å². The number of nitrogens with zero attached hydrogens (tertiary/aromatic N) is 3. The van der Waals surface area contributed by atoms with Gasteiger partial charge in [-0.1, -0.05) is 36.9 Å². The summed E-state index contributed by atoms with van der Waals surface area (Å²) >= 11 is 5.15. The molecule has 0 amide bonds. The summed E-state index contributed by atoms with van der Waals surface area (Å²) in [5, 5.41) is 8.70. The summed E-state index contributed by atoms with van der Waals surface area (Å²) in [5.74, 6) is 2.16. The van der Waals surface area contributed by atoms with Gasteiger partial charge in [0.1, 0.15) is 18.5 Å². The molecule has 0 fully saturated rings. The first kappa shape index (κ1) is 23.9. The van der Waals surface area contributed by atoms with Crippen molar-refractivity contribution in [2.24, 2.45) is 0 Å². The smallest absolute Gasteiger partial charge is 0.227 e. The van der Waals surface area contributed by atoms with E-state index < -0.39 is 6.04 Å². The molecule has 1 aromatic heterocycles. The van der Waals surface area contributed by atoms with Gasteiger partial charge in [0.25, 0.3) is 0 Å². The maximum atomic E-state index is 14.1. The number of nitrogens with one attached hydrogen (secondary N) is 1. The van der Waals surface area contributed by atoms with Crippen LogP contribution in [0.25, 0.3) is 0 Å². The molecule has 2 heterocycles. The number of ether oxygens (including phenoxy) is 2. The van der Waals surface area contributed by atoms with Crippen molar-refractivity contribution in [1.29, 1.82) is 0 Å². The van der Waals surface area contributed by atoms with Crippen LogP contribution in [0, 0.1) is 5.82 Å². The Hall–Kier alpha value is -2.85. The highest BCUT2D eigenvalue weighted by Crippen LogP contribution is 2.45. The fourth-order valence-corrected chi connectivity index (χ4v) is 5.57. The third-order valence-electron chi connectivity index (χ3n) is 6.02. The van der Waals surface area contributed by atoms with Crippen LogP contribution in [0.15, 0.2) is 57.3 Å². The number of fused-ring (bicyclic) bond motifs is 1. The molecule has 2 aliphatic rings. The third kappa shape index (κ3) is 4.56. The van der Waals surface area contributed by atoms with Crippen molar-refractivity contribution < 1.29 is 18.7 Å². The van der Waals surface area contributed by atoms with E-state index in [1.807, 2.05) is 19.1 Å². The second-order valence-corrected chi connectivity index (χ2v) is 10.3. The number of carbonyl (C=O) groups excluding carboxylic acids is 1. The molecule has 10 heteroatoms. The zero-order chi connectivity index (χ0) is 24.5. The van der Waals surface area contributed by atoms with Crippen molar-refractivity contribution in [2.45, 2.75) is 44.0 Å². The van der Waals surface area contributed by atoms with Gasteiger partial charge in [-0.15, -0.1) is 5.10 Å². The summed E-state index contributed by atoms with van der Waals surface area (Å²) in [5.41, 5.74) is 2.86. The van der Waals surface area contributed by atoms with Crippen LogP contribution < -0.4 is 14.8 Å². The van der Waals surface area contributed by atoms with E-state index in [0.29, 0.717) is 44.6 Å². The lowest BCUT2D eigenvalue weighted by Gasteiger charge is -2.32. The quantitative estimate of drug-likeness (QED) is 0.361. The number of halogens is 2. The summed E-state index contributed by atoms with van der Waals surface area (Å²) in [7, 11) is 1.55.